The number of benzene rings is 1. The molecule has 0 amide bonds. The molecule has 0 bridgehead atoms. The highest BCUT2D eigenvalue weighted by atomic mass is 19.4. The van der Waals surface area contributed by atoms with Crippen LogP contribution in [0.1, 0.15) is 52.7 Å². The molecule has 27 heavy (non-hydrogen) atoms. The second-order valence-corrected chi connectivity index (χ2v) is 8.46. The summed E-state index contributed by atoms with van der Waals surface area (Å²) in [5, 5.41) is 0. The maximum Gasteiger partial charge on any atom is 0.421 e. The van der Waals surface area contributed by atoms with Crippen molar-refractivity contribution in [2.45, 2.75) is 58.7 Å². The fourth-order valence-electron chi connectivity index (χ4n) is 2.44. The van der Waals surface area contributed by atoms with E-state index in [2.05, 4.69) is 9.97 Å². The van der Waals surface area contributed by atoms with Crippen molar-refractivity contribution in [1.82, 2.24) is 9.97 Å². The molecule has 0 atom stereocenters. The molecule has 1 aromatic heterocycles. The van der Waals surface area contributed by atoms with E-state index in [0.717, 1.165) is 11.8 Å². The lowest BCUT2D eigenvalue weighted by atomic mass is 9.87. The Balaban J connectivity index is 2.55. The third-order valence-corrected chi connectivity index (χ3v) is 3.87. The summed E-state index contributed by atoms with van der Waals surface area (Å²) in [6.45, 7) is 11.5. The highest BCUT2D eigenvalue weighted by Gasteiger charge is 2.37. The Kier molecular flexibility index (Phi) is 5.46. The van der Waals surface area contributed by atoms with E-state index in [1.165, 1.54) is 4.90 Å². The van der Waals surface area contributed by atoms with Gasteiger partial charge in [0.15, 0.2) is 5.82 Å². The van der Waals surface area contributed by atoms with Crippen LogP contribution in [0.25, 0.3) is 0 Å². The Morgan fingerprint density at radius 1 is 1.00 bits per heavy atom. The number of ether oxygens (including phenoxy) is 1. The predicted molar refractivity (Wildman–Crippen MR) is 101 cm³/mol. The molecule has 2 aromatic rings. The smallest absolute Gasteiger partial charge is 0.421 e. The predicted octanol–water partition coefficient (Wildman–Crippen LogP) is 5.74. The van der Waals surface area contributed by atoms with Gasteiger partial charge in [-0.25, -0.2) is 4.98 Å². The minimum Gasteiger partial charge on any atom is -0.458 e. The van der Waals surface area contributed by atoms with E-state index in [9.17, 15) is 13.2 Å². The average molecular weight is 381 g/mol. The van der Waals surface area contributed by atoms with Crippen LogP contribution in [0.3, 0.4) is 0 Å². The maximum absolute atomic E-state index is 13.5. The van der Waals surface area contributed by atoms with Crippen LogP contribution in [-0.2, 0) is 11.6 Å². The molecule has 0 radical (unpaired) electrons. The van der Waals surface area contributed by atoms with Crippen molar-refractivity contribution in [2.24, 2.45) is 0 Å². The third kappa shape index (κ3) is 5.34. The summed E-state index contributed by atoms with van der Waals surface area (Å²) in [6.07, 6.45) is -3.81. The number of alkyl halides is 3. The van der Waals surface area contributed by atoms with Gasteiger partial charge in [-0.1, -0.05) is 32.9 Å². The van der Waals surface area contributed by atoms with Crippen LogP contribution in [0.2, 0.25) is 0 Å². The Morgan fingerprint density at radius 3 is 2.15 bits per heavy atom. The molecule has 0 N–H and O–H groups in total. The second kappa shape index (κ2) is 7.02. The summed E-state index contributed by atoms with van der Waals surface area (Å²) in [5.41, 5.74) is -0.0427. The van der Waals surface area contributed by atoms with E-state index in [1.807, 2.05) is 39.0 Å². The molecule has 148 valence electrons. The Labute approximate surface area is 158 Å². The van der Waals surface area contributed by atoms with E-state index in [-0.39, 0.29) is 17.2 Å². The van der Waals surface area contributed by atoms with E-state index >= 15 is 0 Å². The first-order valence-corrected chi connectivity index (χ1v) is 8.66. The summed E-state index contributed by atoms with van der Waals surface area (Å²) in [4.78, 5) is 9.22. The zero-order chi connectivity index (χ0) is 20.6. The van der Waals surface area contributed by atoms with Crippen LogP contribution in [0.4, 0.5) is 24.7 Å². The number of rotatable bonds is 3. The first-order valence-electron chi connectivity index (χ1n) is 8.66. The van der Waals surface area contributed by atoms with Gasteiger partial charge in [-0.3, -0.25) is 0 Å². The molecule has 0 aliphatic rings. The molecule has 1 heterocycles. The zero-order valence-electron chi connectivity index (χ0n) is 16.8. The molecule has 0 aliphatic heterocycles. The van der Waals surface area contributed by atoms with E-state index < -0.39 is 17.3 Å². The van der Waals surface area contributed by atoms with Gasteiger partial charge < -0.3 is 9.64 Å². The first kappa shape index (κ1) is 21.0. The molecular weight excluding hydrogens is 355 g/mol. The van der Waals surface area contributed by atoms with Crippen molar-refractivity contribution < 1.29 is 17.9 Å². The van der Waals surface area contributed by atoms with E-state index in [1.54, 1.807) is 33.9 Å². The van der Waals surface area contributed by atoms with Gasteiger partial charge in [0.1, 0.15) is 11.2 Å². The van der Waals surface area contributed by atoms with Gasteiger partial charge in [-0.15, -0.1) is 0 Å². The lowest BCUT2D eigenvalue weighted by molar-refractivity contribution is -0.137. The summed E-state index contributed by atoms with van der Waals surface area (Å²) in [6, 6.07) is 7.31. The van der Waals surface area contributed by atoms with E-state index in [4.69, 9.17) is 4.74 Å². The summed E-state index contributed by atoms with van der Waals surface area (Å²) >= 11 is 0. The molecule has 7 heteroatoms. The van der Waals surface area contributed by atoms with Gasteiger partial charge in [0.2, 0.25) is 0 Å². The van der Waals surface area contributed by atoms with Crippen molar-refractivity contribution in [3.63, 3.8) is 0 Å². The van der Waals surface area contributed by atoms with Crippen LogP contribution in [-0.4, -0.2) is 22.6 Å². The van der Waals surface area contributed by atoms with Gasteiger partial charge in [0.25, 0.3) is 0 Å². The molecular formula is C20H26F3N3O. The number of nitrogens with zero attached hydrogens (tertiary/aromatic N) is 3. The maximum atomic E-state index is 13.5. The lowest BCUT2D eigenvalue weighted by Gasteiger charge is -2.26. The Morgan fingerprint density at radius 2 is 1.63 bits per heavy atom. The normalized spacial score (nSPS) is 12.8. The highest BCUT2D eigenvalue weighted by Crippen LogP contribution is 2.38. The van der Waals surface area contributed by atoms with Crippen molar-refractivity contribution >= 4 is 11.5 Å². The number of hydrogen-bond donors (Lipinski definition) is 0. The Hall–Kier alpha value is -2.31. The van der Waals surface area contributed by atoms with Crippen LogP contribution in [0.5, 0.6) is 6.01 Å². The molecule has 0 unspecified atom stereocenters. The molecule has 0 saturated heterocycles. The largest absolute Gasteiger partial charge is 0.458 e. The van der Waals surface area contributed by atoms with Gasteiger partial charge in [-0.2, -0.15) is 18.2 Å². The minimum absolute atomic E-state index is 0.0932. The minimum atomic E-state index is -4.58. The van der Waals surface area contributed by atoms with Crippen molar-refractivity contribution in [2.75, 3.05) is 11.9 Å². The number of halogens is 3. The molecule has 2 rings (SSSR count). The van der Waals surface area contributed by atoms with Crippen LogP contribution in [0, 0.1) is 0 Å². The highest BCUT2D eigenvalue weighted by molar-refractivity contribution is 5.63. The lowest BCUT2D eigenvalue weighted by Crippen LogP contribution is -2.26. The fourth-order valence-corrected chi connectivity index (χ4v) is 2.44. The molecule has 1 aromatic carbocycles. The Bertz CT molecular complexity index is 805. The van der Waals surface area contributed by atoms with Crippen LogP contribution in [0.15, 0.2) is 30.5 Å². The summed E-state index contributed by atoms with van der Waals surface area (Å²) in [7, 11) is 1.56. The molecule has 0 saturated carbocycles. The second-order valence-electron chi connectivity index (χ2n) is 8.46. The van der Waals surface area contributed by atoms with Gasteiger partial charge in [0.05, 0.1) is 0 Å². The zero-order valence-corrected chi connectivity index (χ0v) is 16.8. The summed E-state index contributed by atoms with van der Waals surface area (Å²) < 4.78 is 46.1. The molecule has 0 fully saturated rings. The van der Waals surface area contributed by atoms with Crippen molar-refractivity contribution in [1.29, 1.82) is 0 Å². The van der Waals surface area contributed by atoms with Crippen molar-refractivity contribution in [3.05, 3.63) is 41.6 Å². The van der Waals surface area contributed by atoms with Gasteiger partial charge in [-0.05, 0) is 43.9 Å². The van der Waals surface area contributed by atoms with Gasteiger partial charge >= 0.3 is 12.2 Å². The summed E-state index contributed by atoms with van der Waals surface area (Å²) in [5.74, 6) is -0.247. The van der Waals surface area contributed by atoms with E-state index in [0.29, 0.717) is 5.69 Å². The van der Waals surface area contributed by atoms with Crippen LogP contribution < -0.4 is 9.64 Å². The first-order chi connectivity index (χ1) is 12.2. The SMILES string of the molecule is CN(c1cccc(C(C)(C)C)c1)c1nc(OC(C)(C)C)ncc1C(F)(F)F. The standard InChI is InChI=1S/C20H26F3N3O/c1-18(2,3)13-9-8-10-14(11-13)26(7)16-15(20(21,22)23)12-24-17(25-16)27-19(4,5)6/h8-12H,1-7H3. The third-order valence-electron chi connectivity index (χ3n) is 3.87. The van der Waals surface area contributed by atoms with Gasteiger partial charge in [0, 0.05) is 18.9 Å². The molecule has 0 aliphatic carbocycles. The number of aromatic nitrogens is 2. The monoisotopic (exact) mass is 381 g/mol. The number of hydrogen-bond acceptors (Lipinski definition) is 4. The fraction of sp³-hybridized carbons (Fsp3) is 0.500. The van der Waals surface area contributed by atoms with Crippen LogP contribution >= 0.6 is 0 Å². The topological polar surface area (TPSA) is 38.2 Å². The molecule has 4 nitrogen and oxygen atoms in total. The number of anilines is 2. The molecule has 0 spiro atoms. The average Bonchev–Trinajstić information content (AvgIpc) is 2.50. The van der Waals surface area contributed by atoms with Crippen molar-refractivity contribution in [3.8, 4) is 6.01 Å². The quantitative estimate of drug-likeness (QED) is 0.680.